The number of aliphatic hydroxyl groups is 1. The Morgan fingerprint density at radius 3 is 2.81 bits per heavy atom. The van der Waals surface area contributed by atoms with E-state index in [1.165, 1.54) is 6.20 Å². The van der Waals surface area contributed by atoms with Crippen molar-refractivity contribution in [3.63, 3.8) is 0 Å². The van der Waals surface area contributed by atoms with E-state index in [0.717, 1.165) is 44.3 Å². The number of carbonyl (C=O) groups is 2. The van der Waals surface area contributed by atoms with E-state index in [-0.39, 0.29) is 30.4 Å². The predicted molar refractivity (Wildman–Crippen MR) is 98.2 cm³/mol. The first-order valence-corrected chi connectivity index (χ1v) is 9.68. The van der Waals surface area contributed by atoms with Crippen LogP contribution >= 0.6 is 0 Å². The molecule has 1 saturated carbocycles. The molecule has 27 heavy (non-hydrogen) atoms. The Balaban J connectivity index is 1.39. The molecule has 2 aromatic heterocycles. The van der Waals surface area contributed by atoms with Crippen LogP contribution in [0.1, 0.15) is 48.0 Å². The van der Waals surface area contributed by atoms with Crippen LogP contribution in [0.5, 0.6) is 0 Å². The SMILES string of the molecule is O=C(N[C@@H]1CC[C@H](C(=O)N2CCCC2)C1)c1cnn2cc(CCO)cnc12. The Morgan fingerprint density at radius 2 is 2.04 bits per heavy atom. The number of aromatic nitrogens is 3. The second kappa shape index (κ2) is 7.64. The van der Waals surface area contributed by atoms with Gasteiger partial charge in [0, 0.05) is 44.0 Å². The normalized spacial score (nSPS) is 22.5. The molecule has 8 nitrogen and oxygen atoms in total. The van der Waals surface area contributed by atoms with Crippen LogP contribution in [0, 0.1) is 5.92 Å². The smallest absolute Gasteiger partial charge is 0.256 e. The molecule has 0 aromatic carbocycles. The van der Waals surface area contributed by atoms with Gasteiger partial charge in [0.25, 0.3) is 5.91 Å². The van der Waals surface area contributed by atoms with E-state index < -0.39 is 0 Å². The van der Waals surface area contributed by atoms with Gasteiger partial charge >= 0.3 is 0 Å². The summed E-state index contributed by atoms with van der Waals surface area (Å²) >= 11 is 0. The maximum atomic E-state index is 12.7. The van der Waals surface area contributed by atoms with Gasteiger partial charge in [-0.2, -0.15) is 5.10 Å². The van der Waals surface area contributed by atoms with E-state index in [1.54, 1.807) is 16.9 Å². The van der Waals surface area contributed by atoms with Crippen molar-refractivity contribution >= 4 is 17.5 Å². The van der Waals surface area contributed by atoms with Crippen LogP contribution < -0.4 is 5.32 Å². The van der Waals surface area contributed by atoms with Crippen molar-refractivity contribution in [3.05, 3.63) is 29.7 Å². The maximum absolute atomic E-state index is 12.7. The van der Waals surface area contributed by atoms with Crippen molar-refractivity contribution in [3.8, 4) is 0 Å². The third-order valence-electron chi connectivity index (χ3n) is 5.59. The Kier molecular flexibility index (Phi) is 5.07. The molecular formula is C19H25N5O3. The first-order valence-electron chi connectivity index (χ1n) is 9.68. The van der Waals surface area contributed by atoms with Crippen LogP contribution in [0.2, 0.25) is 0 Å². The van der Waals surface area contributed by atoms with Crippen molar-refractivity contribution in [2.24, 2.45) is 5.92 Å². The number of hydrogen-bond donors (Lipinski definition) is 2. The molecule has 2 amide bonds. The molecule has 1 aliphatic carbocycles. The van der Waals surface area contributed by atoms with Gasteiger partial charge in [0.05, 0.1) is 6.20 Å². The predicted octanol–water partition coefficient (Wildman–Crippen LogP) is 0.785. The average molecular weight is 371 g/mol. The average Bonchev–Trinajstić information content (AvgIpc) is 3.41. The lowest BCUT2D eigenvalue weighted by atomic mass is 10.1. The van der Waals surface area contributed by atoms with Crippen molar-refractivity contribution in [1.82, 2.24) is 24.8 Å². The molecule has 3 heterocycles. The minimum absolute atomic E-state index is 0.0117. The number of amides is 2. The molecule has 8 heteroatoms. The Hall–Kier alpha value is -2.48. The number of nitrogens with zero attached hydrogens (tertiary/aromatic N) is 4. The van der Waals surface area contributed by atoms with E-state index >= 15 is 0 Å². The molecule has 0 radical (unpaired) electrons. The van der Waals surface area contributed by atoms with Gasteiger partial charge in [-0.05, 0) is 44.1 Å². The summed E-state index contributed by atoms with van der Waals surface area (Å²) in [5.74, 6) is 0.0708. The van der Waals surface area contributed by atoms with E-state index in [4.69, 9.17) is 5.11 Å². The van der Waals surface area contributed by atoms with Gasteiger partial charge in [-0.25, -0.2) is 9.50 Å². The molecule has 4 rings (SSSR count). The van der Waals surface area contributed by atoms with Crippen LogP contribution in [0.15, 0.2) is 18.6 Å². The van der Waals surface area contributed by atoms with Gasteiger partial charge in [-0.3, -0.25) is 9.59 Å². The fraction of sp³-hybridized carbons (Fsp3) is 0.579. The molecule has 144 valence electrons. The number of hydrogen-bond acceptors (Lipinski definition) is 5. The summed E-state index contributed by atoms with van der Waals surface area (Å²) in [6, 6.07) is 0.0117. The second-order valence-corrected chi connectivity index (χ2v) is 7.47. The summed E-state index contributed by atoms with van der Waals surface area (Å²) in [6.07, 6.45) is 10.00. The standard InChI is InChI=1S/C19H25N5O3/c25-8-5-13-10-20-17-16(11-21-24(17)12-13)18(26)22-15-4-3-14(9-15)19(27)23-6-1-2-7-23/h10-12,14-15,25H,1-9H2,(H,22,26)/t14-,15+/m0/s1. The monoisotopic (exact) mass is 371 g/mol. The summed E-state index contributed by atoms with van der Waals surface area (Å²) in [4.78, 5) is 31.5. The summed E-state index contributed by atoms with van der Waals surface area (Å²) in [5, 5.41) is 16.3. The largest absolute Gasteiger partial charge is 0.396 e. The minimum atomic E-state index is -0.202. The van der Waals surface area contributed by atoms with Crippen LogP contribution in [0.3, 0.4) is 0 Å². The zero-order chi connectivity index (χ0) is 18.8. The number of nitrogens with one attached hydrogen (secondary N) is 1. The van der Waals surface area contributed by atoms with Crippen molar-refractivity contribution in [1.29, 1.82) is 0 Å². The molecule has 2 aromatic rings. The van der Waals surface area contributed by atoms with Crippen LogP contribution in [0.25, 0.3) is 5.65 Å². The summed E-state index contributed by atoms with van der Waals surface area (Å²) in [7, 11) is 0. The topological polar surface area (TPSA) is 99.8 Å². The van der Waals surface area contributed by atoms with Gasteiger partial charge < -0.3 is 15.3 Å². The Morgan fingerprint density at radius 1 is 1.22 bits per heavy atom. The van der Waals surface area contributed by atoms with Gasteiger partial charge in [0.1, 0.15) is 5.56 Å². The molecule has 1 saturated heterocycles. The van der Waals surface area contributed by atoms with Crippen LogP contribution in [0.4, 0.5) is 0 Å². The molecule has 2 N–H and O–H groups in total. The number of rotatable bonds is 5. The molecule has 0 spiro atoms. The molecule has 0 unspecified atom stereocenters. The molecule has 2 fully saturated rings. The van der Waals surface area contributed by atoms with E-state index in [1.807, 2.05) is 4.90 Å². The first kappa shape index (κ1) is 17.9. The minimum Gasteiger partial charge on any atom is -0.396 e. The quantitative estimate of drug-likeness (QED) is 0.809. The third kappa shape index (κ3) is 3.66. The summed E-state index contributed by atoms with van der Waals surface area (Å²) < 4.78 is 1.56. The highest BCUT2D eigenvalue weighted by molar-refractivity contribution is 5.99. The van der Waals surface area contributed by atoms with E-state index in [9.17, 15) is 9.59 Å². The van der Waals surface area contributed by atoms with Gasteiger partial charge in [0.2, 0.25) is 5.91 Å². The zero-order valence-corrected chi connectivity index (χ0v) is 15.3. The molecule has 2 aliphatic rings. The summed E-state index contributed by atoms with van der Waals surface area (Å²) in [6.45, 7) is 1.79. The van der Waals surface area contributed by atoms with E-state index in [0.29, 0.717) is 24.1 Å². The molecular weight excluding hydrogens is 346 g/mol. The van der Waals surface area contributed by atoms with Crippen molar-refractivity contribution in [2.45, 2.75) is 44.6 Å². The van der Waals surface area contributed by atoms with E-state index in [2.05, 4.69) is 15.4 Å². The highest BCUT2D eigenvalue weighted by Crippen LogP contribution is 2.29. The number of likely N-dealkylation sites (tertiary alicyclic amines) is 1. The molecule has 2 atom stereocenters. The van der Waals surface area contributed by atoms with Crippen molar-refractivity contribution in [2.75, 3.05) is 19.7 Å². The number of carbonyl (C=O) groups excluding carboxylic acids is 2. The highest BCUT2D eigenvalue weighted by Gasteiger charge is 2.34. The Labute approximate surface area is 157 Å². The van der Waals surface area contributed by atoms with Gasteiger partial charge in [-0.1, -0.05) is 0 Å². The molecule has 0 bridgehead atoms. The number of aliphatic hydroxyl groups excluding tert-OH is 1. The lowest BCUT2D eigenvalue weighted by Gasteiger charge is -2.20. The second-order valence-electron chi connectivity index (χ2n) is 7.47. The van der Waals surface area contributed by atoms with Crippen molar-refractivity contribution < 1.29 is 14.7 Å². The fourth-order valence-electron chi connectivity index (χ4n) is 4.13. The fourth-order valence-corrected chi connectivity index (χ4v) is 4.13. The lowest BCUT2D eigenvalue weighted by Crippen LogP contribution is -2.36. The third-order valence-corrected chi connectivity index (χ3v) is 5.59. The van der Waals surface area contributed by atoms with Crippen LogP contribution in [-0.2, 0) is 11.2 Å². The summed E-state index contributed by atoms with van der Waals surface area (Å²) in [5.41, 5.74) is 1.79. The van der Waals surface area contributed by atoms with Gasteiger partial charge in [0.15, 0.2) is 5.65 Å². The number of fused-ring (bicyclic) bond motifs is 1. The molecule has 1 aliphatic heterocycles. The lowest BCUT2D eigenvalue weighted by molar-refractivity contribution is -0.134. The van der Waals surface area contributed by atoms with Crippen LogP contribution in [-0.4, -0.2) is 62.2 Å². The highest BCUT2D eigenvalue weighted by atomic mass is 16.3. The maximum Gasteiger partial charge on any atom is 0.256 e. The zero-order valence-electron chi connectivity index (χ0n) is 15.3. The van der Waals surface area contributed by atoms with Gasteiger partial charge in [-0.15, -0.1) is 0 Å². The Bertz CT molecular complexity index is 843. The first-order chi connectivity index (χ1) is 13.2.